The van der Waals surface area contributed by atoms with Crippen molar-refractivity contribution in [3.8, 4) is 0 Å². The molecule has 4 atom stereocenters. The summed E-state index contributed by atoms with van der Waals surface area (Å²) in [5, 5.41) is 0. The first kappa shape index (κ1) is 21.0. The molecular formula is C20H30F2N2O4. The van der Waals surface area contributed by atoms with E-state index in [2.05, 4.69) is 6.58 Å². The molecular weight excluding hydrogens is 370 g/mol. The van der Waals surface area contributed by atoms with Crippen LogP contribution in [0.3, 0.4) is 0 Å². The van der Waals surface area contributed by atoms with Gasteiger partial charge in [0, 0.05) is 13.1 Å². The molecule has 28 heavy (non-hydrogen) atoms. The first-order chi connectivity index (χ1) is 13.0. The Balaban J connectivity index is 1.64. The zero-order valence-electron chi connectivity index (χ0n) is 16.8. The van der Waals surface area contributed by atoms with Gasteiger partial charge in [0.25, 0.3) is 5.92 Å². The Kier molecular flexibility index (Phi) is 5.71. The third-order valence-electron chi connectivity index (χ3n) is 5.84. The molecule has 8 heteroatoms. The summed E-state index contributed by atoms with van der Waals surface area (Å²) in [6, 6.07) is -1.58. The van der Waals surface area contributed by atoms with Gasteiger partial charge in [-0.05, 0) is 46.0 Å². The average Bonchev–Trinajstić information content (AvgIpc) is 3.08. The molecule has 3 fully saturated rings. The number of rotatable bonds is 5. The van der Waals surface area contributed by atoms with Crippen molar-refractivity contribution < 1.29 is 27.8 Å². The molecule has 2 heterocycles. The maximum atomic E-state index is 14.8. The van der Waals surface area contributed by atoms with E-state index in [0.717, 1.165) is 12.8 Å². The number of hydrogen-bond donors (Lipinski definition) is 0. The first-order valence-electron chi connectivity index (χ1n) is 9.92. The van der Waals surface area contributed by atoms with Crippen LogP contribution in [0.5, 0.6) is 0 Å². The number of hydrogen-bond acceptors (Lipinski definition) is 5. The van der Waals surface area contributed by atoms with Gasteiger partial charge in [-0.1, -0.05) is 12.7 Å². The lowest BCUT2D eigenvalue weighted by Crippen LogP contribution is -2.50. The Morgan fingerprint density at radius 1 is 1.25 bits per heavy atom. The molecule has 1 amide bonds. The Bertz CT molecular complexity index is 634. The second kappa shape index (κ2) is 7.61. The van der Waals surface area contributed by atoms with Crippen molar-refractivity contribution in [3.63, 3.8) is 0 Å². The molecule has 0 radical (unpaired) electrons. The van der Waals surface area contributed by atoms with Gasteiger partial charge in [0.05, 0.1) is 24.5 Å². The number of esters is 1. The lowest BCUT2D eigenvalue weighted by atomic mass is 9.73. The number of carbonyl (C=O) groups is 2. The van der Waals surface area contributed by atoms with Crippen LogP contribution in [0.15, 0.2) is 12.7 Å². The zero-order chi connectivity index (χ0) is 20.7. The number of amides is 1. The molecule has 2 saturated heterocycles. The molecule has 0 aromatic rings. The normalized spacial score (nSPS) is 31.8. The van der Waals surface area contributed by atoms with E-state index in [4.69, 9.17) is 9.47 Å². The lowest BCUT2D eigenvalue weighted by molar-refractivity contribution is -0.154. The first-order valence-corrected chi connectivity index (χ1v) is 9.92. The van der Waals surface area contributed by atoms with Crippen LogP contribution < -0.4 is 0 Å². The van der Waals surface area contributed by atoms with Gasteiger partial charge in [0.15, 0.2) is 0 Å². The highest BCUT2D eigenvalue weighted by molar-refractivity contribution is 5.74. The highest BCUT2D eigenvalue weighted by atomic mass is 19.3. The second-order valence-electron chi connectivity index (χ2n) is 9.03. The van der Waals surface area contributed by atoms with Crippen LogP contribution >= 0.6 is 0 Å². The second-order valence-corrected chi connectivity index (χ2v) is 9.03. The fourth-order valence-electron chi connectivity index (χ4n) is 4.52. The monoisotopic (exact) mass is 400 g/mol. The number of carbonyl (C=O) groups excluding carboxylic acids is 2. The minimum atomic E-state index is -3.00. The van der Waals surface area contributed by atoms with Crippen LogP contribution in [0.1, 0.15) is 40.0 Å². The van der Waals surface area contributed by atoms with Gasteiger partial charge in [-0.15, -0.1) is 0 Å². The Labute approximate surface area is 164 Å². The summed E-state index contributed by atoms with van der Waals surface area (Å²) in [6.45, 7) is 9.14. The van der Waals surface area contributed by atoms with E-state index in [1.807, 2.05) is 0 Å². The Morgan fingerprint density at radius 3 is 2.54 bits per heavy atom. The summed E-state index contributed by atoms with van der Waals surface area (Å²) in [7, 11) is 0. The maximum Gasteiger partial charge on any atom is 0.410 e. The average molecular weight is 400 g/mol. The molecule has 0 spiro atoms. The van der Waals surface area contributed by atoms with E-state index < -0.39 is 36.2 Å². The number of alkyl halides is 2. The van der Waals surface area contributed by atoms with E-state index in [0.29, 0.717) is 19.5 Å². The molecule has 3 aliphatic rings. The largest absolute Gasteiger partial charge is 0.461 e. The summed E-state index contributed by atoms with van der Waals surface area (Å²) >= 11 is 0. The lowest BCUT2D eigenvalue weighted by Gasteiger charge is -2.39. The molecule has 0 aromatic carbocycles. The Hall–Kier alpha value is -1.70. The third-order valence-corrected chi connectivity index (χ3v) is 5.84. The summed E-state index contributed by atoms with van der Waals surface area (Å²) in [6.07, 6.45) is 2.86. The smallest absolute Gasteiger partial charge is 0.410 e. The fraction of sp³-hybridized carbons (Fsp3) is 0.800. The summed E-state index contributed by atoms with van der Waals surface area (Å²) in [4.78, 5) is 27.4. The SMILES string of the molecule is C=CCOC(=O)C1CCC1CN1CCC2C1C(F)(F)CN2C(=O)OC(C)(C)C. The summed E-state index contributed by atoms with van der Waals surface area (Å²) in [5.41, 5.74) is -0.728. The van der Waals surface area contributed by atoms with Crippen molar-refractivity contribution in [1.29, 1.82) is 0 Å². The van der Waals surface area contributed by atoms with Crippen molar-refractivity contribution in [2.24, 2.45) is 11.8 Å². The van der Waals surface area contributed by atoms with Gasteiger partial charge in [-0.2, -0.15) is 0 Å². The van der Waals surface area contributed by atoms with Gasteiger partial charge in [-0.25, -0.2) is 13.6 Å². The van der Waals surface area contributed by atoms with E-state index in [-0.39, 0.29) is 24.4 Å². The predicted molar refractivity (Wildman–Crippen MR) is 99.0 cm³/mol. The highest BCUT2D eigenvalue weighted by Gasteiger charge is 2.61. The topological polar surface area (TPSA) is 59.1 Å². The van der Waals surface area contributed by atoms with E-state index in [1.165, 1.54) is 11.0 Å². The highest BCUT2D eigenvalue weighted by Crippen LogP contribution is 2.44. The van der Waals surface area contributed by atoms with Crippen molar-refractivity contribution in [1.82, 2.24) is 9.80 Å². The van der Waals surface area contributed by atoms with Gasteiger partial charge in [0.1, 0.15) is 12.2 Å². The number of ether oxygens (including phenoxy) is 2. The van der Waals surface area contributed by atoms with E-state index >= 15 is 0 Å². The number of nitrogens with zero attached hydrogens (tertiary/aromatic N) is 2. The van der Waals surface area contributed by atoms with E-state index in [9.17, 15) is 18.4 Å². The third kappa shape index (κ3) is 4.16. The van der Waals surface area contributed by atoms with Gasteiger partial charge < -0.3 is 9.47 Å². The molecule has 0 bridgehead atoms. The van der Waals surface area contributed by atoms with E-state index in [1.54, 1.807) is 25.7 Å². The number of likely N-dealkylation sites (tertiary alicyclic amines) is 2. The van der Waals surface area contributed by atoms with Crippen LogP contribution in [-0.2, 0) is 14.3 Å². The molecule has 158 valence electrons. The molecule has 6 nitrogen and oxygen atoms in total. The van der Waals surface area contributed by atoms with Crippen molar-refractivity contribution in [2.75, 3.05) is 26.2 Å². The molecule has 4 unspecified atom stereocenters. The minimum absolute atomic E-state index is 0.0161. The van der Waals surface area contributed by atoms with Gasteiger partial charge >= 0.3 is 12.1 Å². The number of fused-ring (bicyclic) bond motifs is 1. The molecule has 1 saturated carbocycles. The van der Waals surface area contributed by atoms with Crippen LogP contribution in [0.4, 0.5) is 13.6 Å². The quantitative estimate of drug-likeness (QED) is 0.524. The molecule has 0 N–H and O–H groups in total. The molecule has 0 aromatic heterocycles. The van der Waals surface area contributed by atoms with Crippen molar-refractivity contribution in [3.05, 3.63) is 12.7 Å². The van der Waals surface area contributed by atoms with Crippen LogP contribution in [0, 0.1) is 11.8 Å². The predicted octanol–water partition coefficient (Wildman–Crippen LogP) is 3.07. The number of halogens is 2. The van der Waals surface area contributed by atoms with Gasteiger partial charge in [0.2, 0.25) is 0 Å². The van der Waals surface area contributed by atoms with Crippen molar-refractivity contribution >= 4 is 12.1 Å². The standard InChI is InChI=1S/C20H30F2N2O4/c1-5-10-27-17(25)14-7-6-13(14)11-23-9-8-15-16(23)20(21,22)12-24(15)18(26)28-19(2,3)4/h5,13-16H,1,6-12H2,2-4H3. The van der Waals surface area contributed by atoms with Gasteiger partial charge in [-0.3, -0.25) is 14.6 Å². The van der Waals surface area contributed by atoms with Crippen molar-refractivity contribution in [2.45, 2.75) is 63.6 Å². The van der Waals surface area contributed by atoms with Crippen LogP contribution in [0.25, 0.3) is 0 Å². The van der Waals surface area contributed by atoms with Crippen LogP contribution in [-0.4, -0.2) is 71.7 Å². The summed E-state index contributed by atoms with van der Waals surface area (Å²) < 4.78 is 40.0. The minimum Gasteiger partial charge on any atom is -0.461 e. The Morgan fingerprint density at radius 2 is 1.96 bits per heavy atom. The molecule has 3 rings (SSSR count). The fourth-order valence-corrected chi connectivity index (χ4v) is 4.52. The zero-order valence-corrected chi connectivity index (χ0v) is 16.8. The summed E-state index contributed by atoms with van der Waals surface area (Å²) in [5.74, 6) is -3.50. The molecule has 2 aliphatic heterocycles. The molecule has 1 aliphatic carbocycles. The maximum absolute atomic E-state index is 14.8. The van der Waals surface area contributed by atoms with Crippen LogP contribution in [0.2, 0.25) is 0 Å².